The Balaban J connectivity index is 2.10. The summed E-state index contributed by atoms with van der Waals surface area (Å²) in [6.45, 7) is 1.72. The maximum absolute atomic E-state index is 11.6. The molecule has 7 heteroatoms. The molecule has 0 fully saturated rings. The number of hydrogen-bond acceptors (Lipinski definition) is 4. The number of aromatic carboxylic acids is 1. The molecule has 2 aromatic rings. The lowest BCUT2D eigenvalue weighted by molar-refractivity contribution is 0.0690. The summed E-state index contributed by atoms with van der Waals surface area (Å²) in [6, 6.07) is 4.40. The van der Waals surface area contributed by atoms with E-state index in [0.29, 0.717) is 5.76 Å². The number of H-pyrrole nitrogens is 1. The van der Waals surface area contributed by atoms with E-state index >= 15 is 0 Å². The standard InChI is InChI=1S/C10H9N3O4/c1-5-2-3-7(17-5)9(14)11-8-4-6(10(15)16)12-13-8/h2-4H,1H3,(H,15,16)(H2,11,12,13,14). The fraction of sp³-hybridized carbons (Fsp3) is 0.100. The van der Waals surface area contributed by atoms with Gasteiger partial charge in [-0.25, -0.2) is 4.79 Å². The van der Waals surface area contributed by atoms with Crippen LogP contribution in [0, 0.1) is 6.92 Å². The summed E-state index contributed by atoms with van der Waals surface area (Å²) in [4.78, 5) is 22.2. The summed E-state index contributed by atoms with van der Waals surface area (Å²) in [5.74, 6) is -0.749. The first-order valence-electron chi connectivity index (χ1n) is 4.73. The number of aryl methyl sites for hydroxylation is 1. The molecule has 0 unspecified atom stereocenters. The van der Waals surface area contributed by atoms with Gasteiger partial charge in [0.25, 0.3) is 5.91 Å². The minimum atomic E-state index is -1.15. The Labute approximate surface area is 95.4 Å². The van der Waals surface area contributed by atoms with E-state index in [0.717, 1.165) is 0 Å². The van der Waals surface area contributed by atoms with Gasteiger partial charge in [-0.05, 0) is 19.1 Å². The molecule has 0 atom stereocenters. The zero-order valence-corrected chi connectivity index (χ0v) is 8.85. The number of nitrogens with zero attached hydrogens (tertiary/aromatic N) is 1. The van der Waals surface area contributed by atoms with Crippen molar-refractivity contribution < 1.29 is 19.1 Å². The highest BCUT2D eigenvalue weighted by Gasteiger charge is 2.13. The minimum absolute atomic E-state index is 0.101. The third-order valence-corrected chi connectivity index (χ3v) is 2.01. The number of amides is 1. The third-order valence-electron chi connectivity index (χ3n) is 2.01. The Morgan fingerprint density at radius 3 is 2.76 bits per heavy atom. The Morgan fingerprint density at radius 1 is 1.47 bits per heavy atom. The van der Waals surface area contributed by atoms with Crippen LogP contribution in [0.4, 0.5) is 5.82 Å². The van der Waals surface area contributed by atoms with Gasteiger partial charge < -0.3 is 14.8 Å². The Kier molecular flexibility index (Phi) is 2.65. The summed E-state index contributed by atoms with van der Waals surface area (Å²) in [5, 5.41) is 17.0. The van der Waals surface area contributed by atoms with Crippen LogP contribution in [0.5, 0.6) is 0 Å². The van der Waals surface area contributed by atoms with E-state index in [1.165, 1.54) is 12.1 Å². The summed E-state index contributed by atoms with van der Waals surface area (Å²) in [7, 11) is 0. The van der Waals surface area contributed by atoms with Crippen LogP contribution in [0.2, 0.25) is 0 Å². The van der Waals surface area contributed by atoms with Crippen LogP contribution < -0.4 is 5.32 Å². The number of aromatic amines is 1. The highest BCUT2D eigenvalue weighted by Crippen LogP contribution is 2.10. The smallest absolute Gasteiger partial charge is 0.353 e. The molecule has 2 heterocycles. The molecule has 0 saturated carbocycles. The third kappa shape index (κ3) is 2.33. The van der Waals surface area contributed by atoms with Gasteiger partial charge in [-0.3, -0.25) is 9.89 Å². The molecule has 2 rings (SSSR count). The van der Waals surface area contributed by atoms with Crippen molar-refractivity contribution in [2.75, 3.05) is 5.32 Å². The maximum atomic E-state index is 11.6. The first-order valence-corrected chi connectivity index (χ1v) is 4.73. The number of anilines is 1. The van der Waals surface area contributed by atoms with Crippen molar-refractivity contribution >= 4 is 17.7 Å². The number of nitrogens with one attached hydrogen (secondary N) is 2. The first kappa shape index (κ1) is 10.9. The van der Waals surface area contributed by atoms with Crippen molar-refractivity contribution in [3.05, 3.63) is 35.4 Å². The van der Waals surface area contributed by atoms with E-state index in [2.05, 4.69) is 15.5 Å². The Morgan fingerprint density at radius 2 is 2.24 bits per heavy atom. The van der Waals surface area contributed by atoms with E-state index in [4.69, 9.17) is 9.52 Å². The van der Waals surface area contributed by atoms with Crippen LogP contribution >= 0.6 is 0 Å². The van der Waals surface area contributed by atoms with E-state index in [9.17, 15) is 9.59 Å². The number of rotatable bonds is 3. The molecule has 88 valence electrons. The van der Waals surface area contributed by atoms with Crippen LogP contribution in [0.1, 0.15) is 26.8 Å². The van der Waals surface area contributed by atoms with Gasteiger partial charge >= 0.3 is 5.97 Å². The van der Waals surface area contributed by atoms with Crippen LogP contribution in [-0.2, 0) is 0 Å². The van der Waals surface area contributed by atoms with Gasteiger partial charge in [-0.1, -0.05) is 0 Å². The minimum Gasteiger partial charge on any atom is -0.477 e. The predicted octanol–water partition coefficient (Wildman–Crippen LogP) is 1.26. The second-order valence-electron chi connectivity index (χ2n) is 3.34. The lowest BCUT2D eigenvalue weighted by atomic mass is 10.4. The van der Waals surface area contributed by atoms with Crippen molar-refractivity contribution in [1.29, 1.82) is 0 Å². The molecular formula is C10H9N3O4. The molecule has 1 amide bonds. The van der Waals surface area contributed by atoms with Crippen molar-refractivity contribution in [2.24, 2.45) is 0 Å². The highest BCUT2D eigenvalue weighted by atomic mass is 16.4. The van der Waals surface area contributed by atoms with Crippen molar-refractivity contribution in [1.82, 2.24) is 10.2 Å². The van der Waals surface area contributed by atoms with Crippen molar-refractivity contribution in [3.8, 4) is 0 Å². The van der Waals surface area contributed by atoms with Crippen molar-refractivity contribution in [2.45, 2.75) is 6.92 Å². The monoisotopic (exact) mass is 235 g/mol. The van der Waals surface area contributed by atoms with Gasteiger partial charge in [0.2, 0.25) is 0 Å². The molecular weight excluding hydrogens is 226 g/mol. The number of carboxylic acid groups (broad SMARTS) is 1. The van der Waals surface area contributed by atoms with Gasteiger partial charge in [0.05, 0.1) is 0 Å². The molecule has 7 nitrogen and oxygen atoms in total. The molecule has 0 aliphatic rings. The molecule has 0 aromatic carbocycles. The second kappa shape index (κ2) is 4.12. The lowest BCUT2D eigenvalue weighted by Crippen LogP contribution is -2.11. The fourth-order valence-corrected chi connectivity index (χ4v) is 1.23. The van der Waals surface area contributed by atoms with Crippen LogP contribution in [0.3, 0.4) is 0 Å². The van der Waals surface area contributed by atoms with Gasteiger partial charge in [0, 0.05) is 6.07 Å². The number of carboxylic acids is 1. The van der Waals surface area contributed by atoms with Gasteiger partial charge in [0.1, 0.15) is 11.5 Å². The normalized spacial score (nSPS) is 10.2. The average Bonchev–Trinajstić information content (AvgIpc) is 2.86. The number of hydrogen-bond donors (Lipinski definition) is 3. The topological polar surface area (TPSA) is 108 Å². The fourth-order valence-electron chi connectivity index (χ4n) is 1.23. The number of furan rings is 1. The molecule has 0 aliphatic carbocycles. The Hall–Kier alpha value is -2.57. The molecule has 0 bridgehead atoms. The zero-order chi connectivity index (χ0) is 12.4. The van der Waals surface area contributed by atoms with E-state index < -0.39 is 11.9 Å². The van der Waals surface area contributed by atoms with Crippen molar-refractivity contribution in [3.63, 3.8) is 0 Å². The largest absolute Gasteiger partial charge is 0.477 e. The van der Waals surface area contributed by atoms with Crippen LogP contribution in [0.25, 0.3) is 0 Å². The zero-order valence-electron chi connectivity index (χ0n) is 8.85. The van der Waals surface area contributed by atoms with E-state index in [-0.39, 0.29) is 17.3 Å². The molecule has 3 N–H and O–H groups in total. The van der Waals surface area contributed by atoms with Crippen LogP contribution in [-0.4, -0.2) is 27.2 Å². The second-order valence-corrected chi connectivity index (χ2v) is 3.34. The highest BCUT2D eigenvalue weighted by molar-refractivity contribution is 6.02. The molecule has 0 saturated heterocycles. The quantitative estimate of drug-likeness (QED) is 0.742. The molecule has 0 aliphatic heterocycles. The number of carbonyl (C=O) groups is 2. The maximum Gasteiger partial charge on any atom is 0.353 e. The summed E-state index contributed by atoms with van der Waals surface area (Å²) in [6.07, 6.45) is 0. The molecule has 17 heavy (non-hydrogen) atoms. The van der Waals surface area contributed by atoms with Crippen LogP contribution in [0.15, 0.2) is 22.6 Å². The van der Waals surface area contributed by atoms with Gasteiger partial charge in [0.15, 0.2) is 11.6 Å². The predicted molar refractivity (Wildman–Crippen MR) is 56.9 cm³/mol. The molecule has 2 aromatic heterocycles. The van der Waals surface area contributed by atoms with Gasteiger partial charge in [-0.15, -0.1) is 0 Å². The SMILES string of the molecule is Cc1ccc(C(=O)Nc2cc(C(=O)O)[nH]n2)o1. The molecule has 0 spiro atoms. The average molecular weight is 235 g/mol. The first-order chi connectivity index (χ1) is 8.06. The lowest BCUT2D eigenvalue weighted by Gasteiger charge is -1.96. The van der Waals surface area contributed by atoms with E-state index in [1.807, 2.05) is 0 Å². The van der Waals surface area contributed by atoms with E-state index in [1.54, 1.807) is 13.0 Å². The molecule has 0 radical (unpaired) electrons. The summed E-state index contributed by atoms with van der Waals surface area (Å²) < 4.78 is 5.11. The number of aromatic nitrogens is 2. The summed E-state index contributed by atoms with van der Waals surface area (Å²) in [5.41, 5.74) is -0.101. The number of carbonyl (C=O) groups excluding carboxylic acids is 1. The summed E-state index contributed by atoms with van der Waals surface area (Å²) >= 11 is 0. The Bertz CT molecular complexity index is 570. The van der Waals surface area contributed by atoms with Gasteiger partial charge in [-0.2, -0.15) is 5.10 Å².